The first-order valence-electron chi connectivity index (χ1n) is 6.49. The molecule has 0 unspecified atom stereocenters. The highest BCUT2D eigenvalue weighted by molar-refractivity contribution is 9.11. The molecule has 2 aromatic carbocycles. The number of aromatic hydroxyl groups is 1. The minimum absolute atomic E-state index is 0.0938. The maximum absolute atomic E-state index is 11.8. The second-order valence-electron chi connectivity index (χ2n) is 4.48. The lowest BCUT2D eigenvalue weighted by Gasteiger charge is -2.10. The number of benzene rings is 2. The fraction of sp³-hybridized carbons (Fsp3) is 0. The van der Waals surface area contributed by atoms with Crippen LogP contribution in [0.2, 0.25) is 0 Å². The van der Waals surface area contributed by atoms with E-state index >= 15 is 0 Å². The van der Waals surface area contributed by atoms with Crippen molar-refractivity contribution in [1.82, 2.24) is 5.32 Å². The van der Waals surface area contributed by atoms with Gasteiger partial charge in [0.05, 0.1) is 8.95 Å². The molecule has 0 fully saturated rings. The van der Waals surface area contributed by atoms with E-state index in [1.165, 1.54) is 6.08 Å². The van der Waals surface area contributed by atoms with Crippen molar-refractivity contribution < 1.29 is 9.90 Å². The third-order valence-electron chi connectivity index (χ3n) is 2.74. The fourth-order valence-corrected chi connectivity index (χ4v) is 3.09. The van der Waals surface area contributed by atoms with Gasteiger partial charge in [0.25, 0.3) is 0 Å². The summed E-state index contributed by atoms with van der Waals surface area (Å²) in [6, 6.07) is 12.8. The smallest absolute Gasteiger partial charge is 0.250 e. The molecule has 118 valence electrons. The summed E-state index contributed by atoms with van der Waals surface area (Å²) < 4.78 is 1.01. The average Bonchev–Trinajstić information content (AvgIpc) is 2.51. The van der Waals surface area contributed by atoms with Crippen LogP contribution in [0.1, 0.15) is 5.56 Å². The Morgan fingerprint density at radius 3 is 2.35 bits per heavy atom. The second kappa shape index (κ2) is 8.24. The molecule has 1 amide bonds. The Balaban J connectivity index is 1.94. The number of anilines is 1. The van der Waals surface area contributed by atoms with Crippen molar-refractivity contribution in [2.75, 3.05) is 5.32 Å². The molecule has 0 aliphatic rings. The molecule has 0 atom stereocenters. The largest absolute Gasteiger partial charge is 0.506 e. The Bertz CT molecular complexity index is 741. The van der Waals surface area contributed by atoms with E-state index < -0.39 is 0 Å². The summed E-state index contributed by atoms with van der Waals surface area (Å²) in [6.07, 6.45) is 3.11. The van der Waals surface area contributed by atoms with Crippen LogP contribution >= 0.6 is 44.1 Å². The summed E-state index contributed by atoms with van der Waals surface area (Å²) >= 11 is 11.5. The normalized spacial score (nSPS) is 10.5. The molecule has 4 nitrogen and oxygen atoms in total. The zero-order chi connectivity index (χ0) is 16.8. The number of carbonyl (C=O) groups excluding carboxylic acids is 1. The molecule has 2 rings (SSSR count). The van der Waals surface area contributed by atoms with Crippen LogP contribution in [0.4, 0.5) is 5.69 Å². The summed E-state index contributed by atoms with van der Waals surface area (Å²) in [5.74, 6) is -0.237. The Morgan fingerprint density at radius 2 is 1.74 bits per heavy atom. The van der Waals surface area contributed by atoms with Crippen molar-refractivity contribution in [1.29, 1.82) is 0 Å². The second-order valence-corrected chi connectivity index (χ2v) is 6.59. The van der Waals surface area contributed by atoms with Gasteiger partial charge in [-0.2, -0.15) is 0 Å². The van der Waals surface area contributed by atoms with E-state index in [0.29, 0.717) is 14.6 Å². The van der Waals surface area contributed by atoms with Crippen molar-refractivity contribution >= 4 is 66.9 Å². The third-order valence-corrected chi connectivity index (χ3v) is 4.15. The summed E-state index contributed by atoms with van der Waals surface area (Å²) in [5, 5.41) is 15.2. The zero-order valence-corrected chi connectivity index (χ0v) is 15.7. The molecule has 0 bridgehead atoms. The molecule has 0 radical (unpaired) electrons. The average molecular weight is 456 g/mol. The van der Waals surface area contributed by atoms with Crippen LogP contribution in [0.3, 0.4) is 0 Å². The van der Waals surface area contributed by atoms with Crippen molar-refractivity contribution in [3.05, 3.63) is 63.0 Å². The van der Waals surface area contributed by atoms with Gasteiger partial charge in [-0.3, -0.25) is 10.1 Å². The van der Waals surface area contributed by atoms with Gasteiger partial charge in [0, 0.05) is 11.8 Å². The van der Waals surface area contributed by atoms with E-state index in [2.05, 4.69) is 42.5 Å². The van der Waals surface area contributed by atoms with Gasteiger partial charge in [0.2, 0.25) is 5.91 Å². The van der Waals surface area contributed by atoms with Crippen LogP contribution in [0.5, 0.6) is 5.75 Å². The van der Waals surface area contributed by atoms with Crippen LogP contribution in [-0.2, 0) is 4.79 Å². The molecule has 0 saturated heterocycles. The highest BCUT2D eigenvalue weighted by atomic mass is 79.9. The zero-order valence-electron chi connectivity index (χ0n) is 11.7. The van der Waals surface area contributed by atoms with Crippen molar-refractivity contribution in [2.24, 2.45) is 0 Å². The summed E-state index contributed by atoms with van der Waals surface area (Å²) in [4.78, 5) is 11.8. The number of phenols is 1. The minimum Gasteiger partial charge on any atom is -0.506 e. The van der Waals surface area contributed by atoms with Crippen LogP contribution < -0.4 is 10.6 Å². The first kappa shape index (κ1) is 17.7. The van der Waals surface area contributed by atoms with Crippen molar-refractivity contribution in [3.8, 4) is 5.75 Å². The molecule has 0 saturated carbocycles. The predicted octanol–water partition coefficient (Wildman–Crippen LogP) is 4.44. The lowest BCUT2D eigenvalue weighted by Crippen LogP contribution is -2.32. The lowest BCUT2D eigenvalue weighted by molar-refractivity contribution is -0.115. The molecule has 0 heterocycles. The number of carbonyl (C=O) groups is 1. The number of rotatable bonds is 3. The third kappa shape index (κ3) is 5.46. The quantitative estimate of drug-likeness (QED) is 0.363. The summed E-state index contributed by atoms with van der Waals surface area (Å²) in [6.45, 7) is 0. The molecule has 3 N–H and O–H groups in total. The number of nitrogens with one attached hydrogen (secondary N) is 2. The van der Waals surface area contributed by atoms with Gasteiger partial charge < -0.3 is 10.4 Å². The first-order valence-corrected chi connectivity index (χ1v) is 8.48. The molecule has 0 spiro atoms. The Labute approximate surface area is 155 Å². The number of hydrogen-bond acceptors (Lipinski definition) is 3. The van der Waals surface area contributed by atoms with E-state index in [-0.39, 0.29) is 16.8 Å². The first-order chi connectivity index (χ1) is 11.0. The van der Waals surface area contributed by atoms with Crippen molar-refractivity contribution in [2.45, 2.75) is 0 Å². The van der Waals surface area contributed by atoms with Gasteiger partial charge in [-0.1, -0.05) is 30.3 Å². The predicted molar refractivity (Wildman–Crippen MR) is 103 cm³/mol. The Kier molecular flexibility index (Phi) is 6.32. The van der Waals surface area contributed by atoms with E-state index in [9.17, 15) is 9.90 Å². The number of phenolic OH excluding ortho intramolecular Hbond substituents is 1. The Morgan fingerprint density at radius 1 is 1.13 bits per heavy atom. The van der Waals surface area contributed by atoms with Gasteiger partial charge in [-0.15, -0.1) is 0 Å². The van der Waals surface area contributed by atoms with Gasteiger partial charge in [-0.25, -0.2) is 0 Å². The summed E-state index contributed by atoms with van der Waals surface area (Å²) in [7, 11) is 0. The summed E-state index contributed by atoms with van der Waals surface area (Å²) in [5.41, 5.74) is 1.55. The number of hydrogen-bond donors (Lipinski definition) is 3. The highest BCUT2D eigenvalue weighted by Gasteiger charge is 2.07. The fourth-order valence-electron chi connectivity index (χ4n) is 1.69. The molecule has 2 aromatic rings. The van der Waals surface area contributed by atoms with Crippen molar-refractivity contribution in [3.63, 3.8) is 0 Å². The number of thiocarbonyl (C=S) groups is 1. The molecule has 7 heteroatoms. The van der Waals surface area contributed by atoms with Crippen LogP contribution in [0, 0.1) is 0 Å². The molecule has 0 aliphatic carbocycles. The number of amides is 1. The molecular weight excluding hydrogens is 444 g/mol. The van der Waals surface area contributed by atoms with E-state index in [0.717, 1.165) is 5.56 Å². The van der Waals surface area contributed by atoms with E-state index in [1.807, 2.05) is 30.3 Å². The van der Waals surface area contributed by atoms with E-state index in [1.54, 1.807) is 18.2 Å². The maximum atomic E-state index is 11.8. The maximum Gasteiger partial charge on any atom is 0.250 e. The Hall–Kier alpha value is -1.70. The monoisotopic (exact) mass is 454 g/mol. The molecule has 0 aromatic heterocycles. The van der Waals surface area contributed by atoms with E-state index in [4.69, 9.17) is 12.2 Å². The highest BCUT2D eigenvalue weighted by Crippen LogP contribution is 2.35. The van der Waals surface area contributed by atoms with Crippen LogP contribution in [0.15, 0.2) is 57.5 Å². The van der Waals surface area contributed by atoms with Gasteiger partial charge in [0.1, 0.15) is 5.75 Å². The molecule has 0 aliphatic heterocycles. The lowest BCUT2D eigenvalue weighted by atomic mass is 10.2. The van der Waals surface area contributed by atoms with Crippen LogP contribution in [0.25, 0.3) is 6.08 Å². The number of halogens is 2. The molecule has 23 heavy (non-hydrogen) atoms. The standard InChI is InChI=1S/C16H12Br2N2O2S/c17-12-8-11(9-13(18)15(12)22)19-16(23)20-14(21)7-6-10-4-2-1-3-5-10/h1-9,22H,(H2,19,20,21,23). The van der Waals surface area contributed by atoms with Gasteiger partial charge >= 0.3 is 0 Å². The SMILES string of the molecule is O=C(C=Cc1ccccc1)NC(=S)Nc1cc(Br)c(O)c(Br)c1. The van der Waals surface area contributed by atoms with Gasteiger partial charge in [-0.05, 0) is 67.8 Å². The van der Waals surface area contributed by atoms with Crippen LogP contribution in [-0.4, -0.2) is 16.1 Å². The topological polar surface area (TPSA) is 61.4 Å². The molecular formula is C16H12Br2N2O2S. The van der Waals surface area contributed by atoms with Gasteiger partial charge in [0.15, 0.2) is 5.11 Å². The minimum atomic E-state index is -0.330.